The smallest absolute Gasteiger partial charge is 0.225 e. The molecule has 3 nitrogen and oxygen atoms in total. The Morgan fingerprint density at radius 3 is 2.50 bits per heavy atom. The molecule has 1 aromatic heterocycles. The summed E-state index contributed by atoms with van der Waals surface area (Å²) in [6, 6.07) is 0. The van der Waals surface area contributed by atoms with Crippen LogP contribution in [0.3, 0.4) is 0 Å². The average Bonchev–Trinajstić information content (AvgIpc) is 2.03. The summed E-state index contributed by atoms with van der Waals surface area (Å²) in [4.78, 5) is 8.58. The van der Waals surface area contributed by atoms with Crippen LogP contribution in [0.1, 0.15) is 0 Å². The van der Waals surface area contributed by atoms with E-state index in [9.17, 15) is 0 Å². The summed E-state index contributed by atoms with van der Waals surface area (Å²) in [6.45, 7) is 0. The highest BCUT2D eigenvalue weighted by Gasteiger charge is 2.09. The highest BCUT2D eigenvalue weighted by atomic mass is 35.5. The highest BCUT2D eigenvalue weighted by Crippen LogP contribution is 2.30. The van der Waals surface area contributed by atoms with Crippen LogP contribution < -0.4 is 5.32 Å². The minimum absolute atomic E-state index is 0.155. The van der Waals surface area contributed by atoms with Crippen LogP contribution in [0.4, 0.5) is 5.82 Å². The van der Waals surface area contributed by atoms with Gasteiger partial charge < -0.3 is 5.32 Å². The number of nitrogens with zero attached hydrogens (tertiary/aromatic N) is 2. The van der Waals surface area contributed by atoms with Crippen molar-refractivity contribution in [1.29, 1.82) is 0 Å². The van der Waals surface area contributed by atoms with Crippen LogP contribution in [-0.2, 0) is 0 Å². The lowest BCUT2D eigenvalue weighted by Crippen LogP contribution is -1.97. The second-order valence-corrected chi connectivity index (χ2v) is 3.43. The third-order valence-corrected chi connectivity index (χ3v) is 2.59. The third kappa shape index (κ3) is 1.94. The lowest BCUT2D eigenvalue weighted by atomic mass is 10.6. The fourth-order valence-corrected chi connectivity index (χ4v) is 1.92. The van der Waals surface area contributed by atoms with Crippen molar-refractivity contribution in [1.82, 2.24) is 9.97 Å². The zero-order valence-electron chi connectivity index (χ0n) is 6.56. The topological polar surface area (TPSA) is 37.8 Å². The van der Waals surface area contributed by atoms with Crippen LogP contribution in [0.25, 0.3) is 0 Å². The maximum atomic E-state index is 5.82. The maximum absolute atomic E-state index is 5.82. The van der Waals surface area contributed by atoms with Crippen molar-refractivity contribution in [2.45, 2.75) is 4.90 Å². The molecule has 66 valence electrons. The Labute approximate surface area is 84.9 Å². The van der Waals surface area contributed by atoms with Crippen molar-refractivity contribution in [3.05, 3.63) is 10.4 Å². The zero-order valence-corrected chi connectivity index (χ0v) is 8.89. The SMILES string of the molecule is CNc1nc(Cl)nc(Cl)c1SC. The molecule has 0 unspecified atom stereocenters. The molecule has 0 atom stereocenters. The van der Waals surface area contributed by atoms with Crippen LogP contribution in [-0.4, -0.2) is 23.3 Å². The van der Waals surface area contributed by atoms with E-state index in [1.165, 1.54) is 11.8 Å². The van der Waals surface area contributed by atoms with E-state index in [2.05, 4.69) is 15.3 Å². The van der Waals surface area contributed by atoms with Gasteiger partial charge in [0.05, 0.1) is 4.90 Å². The minimum atomic E-state index is 0.155. The van der Waals surface area contributed by atoms with Gasteiger partial charge in [0.15, 0.2) is 0 Å². The van der Waals surface area contributed by atoms with Crippen LogP contribution in [0.15, 0.2) is 4.90 Å². The van der Waals surface area contributed by atoms with Crippen molar-refractivity contribution < 1.29 is 0 Å². The average molecular weight is 224 g/mol. The summed E-state index contributed by atoms with van der Waals surface area (Å²) in [7, 11) is 1.76. The molecule has 0 amide bonds. The zero-order chi connectivity index (χ0) is 9.14. The fourth-order valence-electron chi connectivity index (χ4n) is 0.748. The predicted molar refractivity (Wildman–Crippen MR) is 53.4 cm³/mol. The Morgan fingerprint density at radius 2 is 2.00 bits per heavy atom. The Bertz CT molecular complexity index is 292. The molecule has 12 heavy (non-hydrogen) atoms. The normalized spacial score (nSPS) is 10.0. The third-order valence-electron chi connectivity index (χ3n) is 1.24. The maximum Gasteiger partial charge on any atom is 0.225 e. The molecular formula is C6H7Cl2N3S. The molecule has 1 N–H and O–H groups in total. The molecule has 0 aromatic carbocycles. The summed E-state index contributed by atoms with van der Waals surface area (Å²) in [5.74, 6) is 0.660. The van der Waals surface area contributed by atoms with E-state index in [1.54, 1.807) is 7.05 Å². The number of nitrogens with one attached hydrogen (secondary N) is 1. The van der Waals surface area contributed by atoms with E-state index in [-0.39, 0.29) is 5.28 Å². The molecule has 1 rings (SSSR count). The van der Waals surface area contributed by atoms with E-state index in [4.69, 9.17) is 23.2 Å². The van der Waals surface area contributed by atoms with Crippen molar-refractivity contribution in [3.63, 3.8) is 0 Å². The molecular weight excluding hydrogens is 217 g/mol. The van der Waals surface area contributed by atoms with Gasteiger partial charge in [-0.3, -0.25) is 0 Å². The first-order valence-electron chi connectivity index (χ1n) is 3.13. The monoisotopic (exact) mass is 223 g/mol. The second kappa shape index (κ2) is 4.16. The van der Waals surface area contributed by atoms with E-state index in [0.717, 1.165) is 4.90 Å². The number of rotatable bonds is 2. The summed E-state index contributed by atoms with van der Waals surface area (Å²) in [5, 5.41) is 3.42. The lowest BCUT2D eigenvalue weighted by molar-refractivity contribution is 1.10. The molecule has 1 heterocycles. The van der Waals surface area contributed by atoms with Crippen molar-refractivity contribution in [3.8, 4) is 0 Å². The fraction of sp³-hybridized carbons (Fsp3) is 0.333. The Kier molecular flexibility index (Phi) is 3.43. The van der Waals surface area contributed by atoms with Gasteiger partial charge in [-0.1, -0.05) is 11.6 Å². The van der Waals surface area contributed by atoms with E-state index in [1.807, 2.05) is 6.26 Å². The van der Waals surface area contributed by atoms with Crippen molar-refractivity contribution >= 4 is 40.8 Å². The van der Waals surface area contributed by atoms with Gasteiger partial charge in [0.2, 0.25) is 5.28 Å². The second-order valence-electron chi connectivity index (χ2n) is 1.92. The molecule has 0 saturated heterocycles. The predicted octanol–water partition coefficient (Wildman–Crippen LogP) is 2.55. The molecule has 0 aliphatic rings. The first-order chi connectivity index (χ1) is 5.69. The van der Waals surface area contributed by atoms with Crippen LogP contribution in [0, 0.1) is 0 Å². The Balaban J connectivity index is 3.24. The number of aromatic nitrogens is 2. The van der Waals surface area contributed by atoms with Gasteiger partial charge in [0, 0.05) is 7.05 Å². The van der Waals surface area contributed by atoms with Gasteiger partial charge in [-0.05, 0) is 17.9 Å². The number of thioether (sulfide) groups is 1. The summed E-state index contributed by atoms with van der Waals surface area (Å²) < 4.78 is 0. The first-order valence-corrected chi connectivity index (χ1v) is 5.12. The number of halogens is 2. The summed E-state index contributed by atoms with van der Waals surface area (Å²) >= 11 is 12.9. The molecule has 0 fully saturated rings. The van der Waals surface area contributed by atoms with Crippen molar-refractivity contribution in [2.24, 2.45) is 0 Å². The standard InChI is InChI=1S/C6H7Cl2N3S/c1-9-5-3(12-2)4(7)10-6(8)11-5/h1-2H3,(H,9,10,11). The first kappa shape index (κ1) is 9.89. The van der Waals surface area contributed by atoms with Gasteiger partial charge in [-0.25, -0.2) is 4.98 Å². The van der Waals surface area contributed by atoms with Gasteiger partial charge in [-0.2, -0.15) is 4.98 Å². The summed E-state index contributed by atoms with van der Waals surface area (Å²) in [5.41, 5.74) is 0. The van der Waals surface area contributed by atoms with Crippen molar-refractivity contribution in [2.75, 3.05) is 18.6 Å². The van der Waals surface area contributed by atoms with E-state index >= 15 is 0 Å². The number of anilines is 1. The molecule has 0 bridgehead atoms. The number of hydrogen-bond acceptors (Lipinski definition) is 4. The number of hydrogen-bond donors (Lipinski definition) is 1. The summed E-state index contributed by atoms with van der Waals surface area (Å²) in [6.07, 6.45) is 1.90. The van der Waals surface area contributed by atoms with E-state index < -0.39 is 0 Å². The quantitative estimate of drug-likeness (QED) is 0.476. The highest BCUT2D eigenvalue weighted by molar-refractivity contribution is 7.98. The van der Waals surface area contributed by atoms with Gasteiger partial charge in [-0.15, -0.1) is 11.8 Å². The molecule has 0 saturated carbocycles. The Hall–Kier alpha value is -0.190. The molecule has 0 radical (unpaired) electrons. The van der Waals surface area contributed by atoms with Crippen LogP contribution in [0.2, 0.25) is 10.4 Å². The molecule has 0 spiro atoms. The largest absolute Gasteiger partial charge is 0.372 e. The van der Waals surface area contributed by atoms with Gasteiger partial charge in [0.25, 0.3) is 0 Å². The van der Waals surface area contributed by atoms with Gasteiger partial charge in [0.1, 0.15) is 11.0 Å². The molecule has 6 heteroatoms. The van der Waals surface area contributed by atoms with Gasteiger partial charge >= 0.3 is 0 Å². The van der Waals surface area contributed by atoms with Crippen LogP contribution in [0.5, 0.6) is 0 Å². The molecule has 1 aromatic rings. The van der Waals surface area contributed by atoms with Crippen LogP contribution >= 0.6 is 35.0 Å². The lowest BCUT2D eigenvalue weighted by Gasteiger charge is -2.06. The molecule has 0 aliphatic heterocycles. The minimum Gasteiger partial charge on any atom is -0.372 e. The molecule has 0 aliphatic carbocycles. The van der Waals surface area contributed by atoms with E-state index in [0.29, 0.717) is 11.0 Å². The Morgan fingerprint density at radius 1 is 1.33 bits per heavy atom.